The highest BCUT2D eigenvalue weighted by molar-refractivity contribution is 7.91. The van der Waals surface area contributed by atoms with E-state index in [9.17, 15) is 8.42 Å². The number of hydrogen-bond donors (Lipinski definition) is 1. The van der Waals surface area contributed by atoms with Crippen molar-refractivity contribution in [2.45, 2.75) is 70.4 Å². The molecule has 1 aliphatic carbocycles. The molecule has 0 aromatic rings. The van der Waals surface area contributed by atoms with Crippen LogP contribution < -0.4 is 5.32 Å². The Morgan fingerprint density at radius 3 is 2.24 bits per heavy atom. The first-order chi connectivity index (χ1) is 9.91. The number of hydrogen-bond acceptors (Lipinski definition) is 4. The zero-order valence-electron chi connectivity index (χ0n) is 14.0. The van der Waals surface area contributed by atoms with Crippen molar-refractivity contribution in [2.24, 2.45) is 0 Å². The molecule has 0 aromatic heterocycles. The van der Waals surface area contributed by atoms with Gasteiger partial charge in [0.25, 0.3) is 0 Å². The van der Waals surface area contributed by atoms with E-state index in [0.717, 1.165) is 25.9 Å². The highest BCUT2D eigenvalue weighted by Crippen LogP contribution is 2.39. The number of rotatable bonds is 6. The van der Waals surface area contributed by atoms with Gasteiger partial charge in [-0.15, -0.1) is 0 Å². The van der Waals surface area contributed by atoms with Crippen LogP contribution in [0.25, 0.3) is 0 Å². The second-order valence-corrected chi connectivity index (χ2v) is 9.40. The average molecular weight is 317 g/mol. The molecule has 21 heavy (non-hydrogen) atoms. The third kappa shape index (κ3) is 3.62. The van der Waals surface area contributed by atoms with Gasteiger partial charge in [0.1, 0.15) is 0 Å². The van der Waals surface area contributed by atoms with Crippen molar-refractivity contribution in [3.8, 4) is 0 Å². The summed E-state index contributed by atoms with van der Waals surface area (Å²) in [6.07, 6.45) is 7.21. The van der Waals surface area contributed by atoms with Crippen LogP contribution in [0.2, 0.25) is 0 Å². The standard InChI is InChI=1S/C16H32N2O2S/c1-4-15(5-2)14-18(11-12-21(19,20)6-3)16(13-17-15)9-7-8-10-16/h17H,4-14H2,1-3H3. The number of sulfone groups is 1. The lowest BCUT2D eigenvalue weighted by Gasteiger charge is -2.53. The van der Waals surface area contributed by atoms with Crippen molar-refractivity contribution in [3.05, 3.63) is 0 Å². The van der Waals surface area contributed by atoms with Gasteiger partial charge < -0.3 is 5.32 Å². The minimum Gasteiger partial charge on any atom is -0.308 e. The molecule has 124 valence electrons. The molecule has 4 nitrogen and oxygen atoms in total. The maximum absolute atomic E-state index is 11.9. The topological polar surface area (TPSA) is 49.4 Å². The summed E-state index contributed by atoms with van der Waals surface area (Å²) in [6, 6.07) is 0. The lowest BCUT2D eigenvalue weighted by Crippen LogP contribution is -2.69. The Balaban J connectivity index is 2.13. The van der Waals surface area contributed by atoms with Crippen molar-refractivity contribution >= 4 is 9.84 Å². The van der Waals surface area contributed by atoms with Crippen LogP contribution in [-0.4, -0.2) is 55.5 Å². The molecule has 1 aliphatic heterocycles. The van der Waals surface area contributed by atoms with Gasteiger partial charge in [0.15, 0.2) is 9.84 Å². The predicted molar refractivity (Wildman–Crippen MR) is 88.4 cm³/mol. The summed E-state index contributed by atoms with van der Waals surface area (Å²) >= 11 is 0. The summed E-state index contributed by atoms with van der Waals surface area (Å²) in [5.74, 6) is 0.577. The van der Waals surface area contributed by atoms with Crippen LogP contribution in [0.1, 0.15) is 59.3 Å². The van der Waals surface area contributed by atoms with Crippen molar-refractivity contribution in [1.29, 1.82) is 0 Å². The molecule has 2 rings (SSSR count). The van der Waals surface area contributed by atoms with Crippen LogP contribution in [0.5, 0.6) is 0 Å². The van der Waals surface area contributed by atoms with Crippen molar-refractivity contribution < 1.29 is 8.42 Å². The van der Waals surface area contributed by atoms with Gasteiger partial charge in [-0.1, -0.05) is 33.6 Å². The van der Waals surface area contributed by atoms with Gasteiger partial charge in [0, 0.05) is 36.5 Å². The van der Waals surface area contributed by atoms with Gasteiger partial charge in [-0.25, -0.2) is 8.42 Å². The first kappa shape index (κ1) is 17.2. The van der Waals surface area contributed by atoms with E-state index >= 15 is 0 Å². The second-order valence-electron chi connectivity index (χ2n) is 6.93. The lowest BCUT2D eigenvalue weighted by atomic mass is 9.82. The Morgan fingerprint density at radius 2 is 1.71 bits per heavy atom. The molecule has 1 heterocycles. The molecule has 0 unspecified atom stereocenters. The number of nitrogens with one attached hydrogen (secondary N) is 1. The summed E-state index contributed by atoms with van der Waals surface area (Å²) in [5, 5.41) is 3.81. The van der Waals surface area contributed by atoms with E-state index in [1.807, 2.05) is 0 Å². The van der Waals surface area contributed by atoms with E-state index < -0.39 is 9.84 Å². The van der Waals surface area contributed by atoms with Crippen LogP contribution in [0.4, 0.5) is 0 Å². The van der Waals surface area contributed by atoms with Gasteiger partial charge in [-0.2, -0.15) is 0 Å². The molecule has 1 spiro atoms. The summed E-state index contributed by atoms with van der Waals surface area (Å²) in [7, 11) is -2.88. The molecule has 5 heteroatoms. The van der Waals surface area contributed by atoms with Crippen LogP contribution in [0, 0.1) is 0 Å². The maximum Gasteiger partial charge on any atom is 0.151 e. The van der Waals surface area contributed by atoms with E-state index in [4.69, 9.17) is 0 Å². The molecule has 2 aliphatic rings. The third-order valence-electron chi connectivity index (χ3n) is 5.96. The highest BCUT2D eigenvalue weighted by Gasteiger charge is 2.47. The SMILES string of the molecule is CCC1(CC)CN(CCS(=O)(=O)CC)C2(CCCC2)CN1. The van der Waals surface area contributed by atoms with Gasteiger partial charge in [0.2, 0.25) is 0 Å². The highest BCUT2D eigenvalue weighted by atomic mass is 32.2. The summed E-state index contributed by atoms with van der Waals surface area (Å²) in [4.78, 5) is 2.52. The molecular weight excluding hydrogens is 284 g/mol. The normalized spacial score (nSPS) is 25.5. The zero-order valence-corrected chi connectivity index (χ0v) is 14.8. The molecule has 0 atom stereocenters. The molecule has 0 radical (unpaired) electrons. The largest absolute Gasteiger partial charge is 0.308 e. The lowest BCUT2D eigenvalue weighted by molar-refractivity contribution is 0.00897. The van der Waals surface area contributed by atoms with E-state index in [0.29, 0.717) is 12.3 Å². The molecule has 0 aromatic carbocycles. The molecular formula is C16H32N2O2S. The maximum atomic E-state index is 11.9. The molecule has 0 amide bonds. The average Bonchev–Trinajstić information content (AvgIpc) is 2.97. The number of nitrogens with zero attached hydrogens (tertiary/aromatic N) is 1. The van der Waals surface area contributed by atoms with E-state index in [1.54, 1.807) is 6.92 Å². The third-order valence-corrected chi connectivity index (χ3v) is 7.64. The summed E-state index contributed by atoms with van der Waals surface area (Å²) in [6.45, 7) is 8.97. The Kier molecular flexibility index (Phi) is 5.37. The smallest absolute Gasteiger partial charge is 0.151 e. The first-order valence-corrected chi connectivity index (χ1v) is 10.4. The Hall–Kier alpha value is -0.130. The minimum atomic E-state index is -2.88. The fraction of sp³-hybridized carbons (Fsp3) is 1.00. The van der Waals surface area contributed by atoms with Gasteiger partial charge in [0.05, 0.1) is 5.75 Å². The molecule has 2 fully saturated rings. The molecule has 0 bridgehead atoms. The van der Waals surface area contributed by atoms with E-state index in [1.165, 1.54) is 25.7 Å². The van der Waals surface area contributed by atoms with Crippen LogP contribution in [0.15, 0.2) is 0 Å². The first-order valence-electron chi connectivity index (χ1n) is 8.61. The Labute approximate surface area is 130 Å². The fourth-order valence-electron chi connectivity index (χ4n) is 4.01. The van der Waals surface area contributed by atoms with Crippen molar-refractivity contribution in [1.82, 2.24) is 10.2 Å². The van der Waals surface area contributed by atoms with Crippen molar-refractivity contribution in [2.75, 3.05) is 31.1 Å². The second kappa shape index (κ2) is 6.55. The quantitative estimate of drug-likeness (QED) is 0.816. The Bertz CT molecular complexity index is 437. The zero-order chi connectivity index (χ0) is 15.6. The van der Waals surface area contributed by atoms with E-state index in [2.05, 4.69) is 24.1 Å². The molecule has 1 saturated heterocycles. The van der Waals surface area contributed by atoms with Crippen LogP contribution in [0.3, 0.4) is 0 Å². The van der Waals surface area contributed by atoms with E-state index in [-0.39, 0.29) is 16.8 Å². The van der Waals surface area contributed by atoms with Crippen molar-refractivity contribution in [3.63, 3.8) is 0 Å². The molecule has 1 saturated carbocycles. The fourth-order valence-corrected chi connectivity index (χ4v) is 4.80. The van der Waals surface area contributed by atoms with Crippen LogP contribution >= 0.6 is 0 Å². The van der Waals surface area contributed by atoms with Crippen LogP contribution in [-0.2, 0) is 9.84 Å². The van der Waals surface area contributed by atoms with Gasteiger partial charge in [-0.05, 0) is 25.7 Å². The predicted octanol–water partition coefficient (Wildman–Crippen LogP) is 2.20. The van der Waals surface area contributed by atoms with Gasteiger partial charge >= 0.3 is 0 Å². The minimum absolute atomic E-state index is 0.170. The monoisotopic (exact) mass is 316 g/mol. The Morgan fingerprint density at radius 1 is 1.10 bits per heavy atom. The summed E-state index contributed by atoms with van der Waals surface area (Å²) in [5.41, 5.74) is 0.390. The summed E-state index contributed by atoms with van der Waals surface area (Å²) < 4.78 is 23.8. The number of piperazine rings is 1. The molecule has 1 N–H and O–H groups in total. The van der Waals surface area contributed by atoms with Gasteiger partial charge in [-0.3, -0.25) is 4.90 Å².